The molecule has 1 aliphatic rings. The van der Waals surface area contributed by atoms with E-state index in [1.165, 1.54) is 0 Å². The highest BCUT2D eigenvalue weighted by Crippen LogP contribution is 2.19. The third-order valence-corrected chi connectivity index (χ3v) is 3.33. The van der Waals surface area contributed by atoms with Gasteiger partial charge in [-0.3, -0.25) is 4.79 Å². The Hall–Kier alpha value is -1.10. The largest absolute Gasteiger partial charge is 0.480 e. The number of likely N-dealkylation sites (tertiary alicyclic amines) is 1. The van der Waals surface area contributed by atoms with Gasteiger partial charge in [0.05, 0.1) is 0 Å². The fraction of sp³-hybridized carbons (Fsp3) is 0.846. The summed E-state index contributed by atoms with van der Waals surface area (Å²) in [6, 6.07) is -0.644. The van der Waals surface area contributed by atoms with Gasteiger partial charge in [0.15, 0.2) is 0 Å². The van der Waals surface area contributed by atoms with Gasteiger partial charge in [0.25, 0.3) is 0 Å². The van der Waals surface area contributed by atoms with E-state index in [0.717, 1.165) is 19.3 Å². The van der Waals surface area contributed by atoms with Gasteiger partial charge >= 0.3 is 5.97 Å². The van der Waals surface area contributed by atoms with E-state index in [1.54, 1.807) is 12.0 Å². The second-order valence-corrected chi connectivity index (χ2v) is 5.06. The Bertz CT molecular complexity index is 293. The highest BCUT2D eigenvalue weighted by atomic mass is 16.5. The molecule has 0 bridgehead atoms. The standard InChI is InChI=1S/C13H23NO4/c1-10(9-18-2)8-12(15)14-7-5-3-4-6-11(14)13(16)17/h10-11H,3-9H2,1-2H3,(H,16,17). The number of aliphatic carboxylic acids is 1. The van der Waals surface area contributed by atoms with E-state index >= 15 is 0 Å². The van der Waals surface area contributed by atoms with E-state index in [9.17, 15) is 14.7 Å². The highest BCUT2D eigenvalue weighted by Gasteiger charge is 2.30. The molecule has 0 aromatic carbocycles. The van der Waals surface area contributed by atoms with Crippen LogP contribution >= 0.6 is 0 Å². The number of rotatable bonds is 5. The van der Waals surface area contributed by atoms with Crippen LogP contribution in [0.4, 0.5) is 0 Å². The zero-order chi connectivity index (χ0) is 13.5. The number of methoxy groups -OCH3 is 1. The number of hydrogen-bond acceptors (Lipinski definition) is 3. The summed E-state index contributed by atoms with van der Waals surface area (Å²) in [5, 5.41) is 9.20. The maximum absolute atomic E-state index is 12.2. The summed E-state index contributed by atoms with van der Waals surface area (Å²) in [6.07, 6.45) is 3.71. The Morgan fingerprint density at radius 3 is 2.72 bits per heavy atom. The molecule has 0 spiro atoms. The van der Waals surface area contributed by atoms with Crippen molar-refractivity contribution < 1.29 is 19.4 Å². The predicted molar refractivity (Wildman–Crippen MR) is 67.3 cm³/mol. The van der Waals surface area contributed by atoms with Crippen LogP contribution < -0.4 is 0 Å². The Morgan fingerprint density at radius 1 is 1.39 bits per heavy atom. The van der Waals surface area contributed by atoms with Gasteiger partial charge in [0, 0.05) is 26.7 Å². The van der Waals surface area contributed by atoms with Gasteiger partial charge in [-0.25, -0.2) is 4.79 Å². The van der Waals surface area contributed by atoms with E-state index in [4.69, 9.17) is 4.74 Å². The number of nitrogens with zero attached hydrogens (tertiary/aromatic N) is 1. The van der Waals surface area contributed by atoms with E-state index in [1.807, 2.05) is 6.92 Å². The van der Waals surface area contributed by atoms with Crippen molar-refractivity contribution in [3.05, 3.63) is 0 Å². The van der Waals surface area contributed by atoms with E-state index in [2.05, 4.69) is 0 Å². The molecule has 0 saturated carbocycles. The molecule has 5 nitrogen and oxygen atoms in total. The van der Waals surface area contributed by atoms with E-state index in [-0.39, 0.29) is 11.8 Å². The molecule has 1 fully saturated rings. The molecule has 1 aliphatic heterocycles. The third kappa shape index (κ3) is 4.29. The van der Waals surface area contributed by atoms with Crippen LogP contribution in [0.2, 0.25) is 0 Å². The number of carboxylic acid groups (broad SMARTS) is 1. The van der Waals surface area contributed by atoms with Crippen molar-refractivity contribution in [1.82, 2.24) is 4.90 Å². The fourth-order valence-electron chi connectivity index (χ4n) is 2.42. The smallest absolute Gasteiger partial charge is 0.326 e. The van der Waals surface area contributed by atoms with Crippen LogP contribution in [0.3, 0.4) is 0 Å². The van der Waals surface area contributed by atoms with Gasteiger partial charge < -0.3 is 14.7 Å². The molecule has 104 valence electrons. The van der Waals surface area contributed by atoms with Crippen LogP contribution in [-0.2, 0) is 14.3 Å². The van der Waals surface area contributed by atoms with Gasteiger partial charge in [0.2, 0.25) is 5.91 Å². The predicted octanol–water partition coefficient (Wildman–Crippen LogP) is 1.51. The third-order valence-electron chi connectivity index (χ3n) is 3.33. The molecular formula is C13H23NO4. The first-order chi connectivity index (χ1) is 8.56. The lowest BCUT2D eigenvalue weighted by Gasteiger charge is -2.28. The Balaban J connectivity index is 2.63. The van der Waals surface area contributed by atoms with Crippen LogP contribution in [0.25, 0.3) is 0 Å². The maximum Gasteiger partial charge on any atom is 0.326 e. The first-order valence-electron chi connectivity index (χ1n) is 6.57. The molecule has 0 aromatic rings. The molecule has 2 atom stereocenters. The monoisotopic (exact) mass is 257 g/mol. The summed E-state index contributed by atoms with van der Waals surface area (Å²) in [6.45, 7) is 3.03. The summed E-state index contributed by atoms with van der Waals surface area (Å²) >= 11 is 0. The Kier molecular flexibility index (Phi) is 6.12. The molecule has 0 radical (unpaired) electrons. The molecule has 1 saturated heterocycles. The van der Waals surface area contributed by atoms with Crippen molar-refractivity contribution in [2.24, 2.45) is 5.92 Å². The first-order valence-corrected chi connectivity index (χ1v) is 6.57. The van der Waals surface area contributed by atoms with Crippen LogP contribution in [-0.4, -0.2) is 48.2 Å². The first kappa shape index (κ1) is 15.0. The van der Waals surface area contributed by atoms with Gasteiger partial charge in [-0.1, -0.05) is 19.8 Å². The number of amides is 1. The lowest BCUT2D eigenvalue weighted by atomic mass is 10.1. The summed E-state index contributed by atoms with van der Waals surface area (Å²) in [7, 11) is 1.60. The van der Waals surface area contributed by atoms with Crippen LogP contribution in [0.5, 0.6) is 0 Å². The van der Waals surface area contributed by atoms with Gasteiger partial charge in [-0.15, -0.1) is 0 Å². The number of carbonyl (C=O) groups excluding carboxylic acids is 1. The van der Waals surface area contributed by atoms with Gasteiger partial charge in [-0.05, 0) is 18.8 Å². The van der Waals surface area contributed by atoms with Crippen molar-refractivity contribution in [2.45, 2.75) is 45.1 Å². The maximum atomic E-state index is 12.2. The van der Waals surface area contributed by atoms with Crippen LogP contribution in [0, 0.1) is 5.92 Å². The SMILES string of the molecule is COCC(C)CC(=O)N1CCCCCC1C(=O)O. The van der Waals surface area contributed by atoms with Crippen molar-refractivity contribution in [3.8, 4) is 0 Å². The molecule has 0 aliphatic carbocycles. The molecule has 18 heavy (non-hydrogen) atoms. The Morgan fingerprint density at radius 2 is 2.11 bits per heavy atom. The average molecular weight is 257 g/mol. The molecule has 2 unspecified atom stereocenters. The lowest BCUT2D eigenvalue weighted by Crippen LogP contribution is -2.45. The van der Waals surface area contributed by atoms with Gasteiger partial charge in [-0.2, -0.15) is 0 Å². The fourth-order valence-corrected chi connectivity index (χ4v) is 2.42. The van der Waals surface area contributed by atoms with Crippen molar-refractivity contribution >= 4 is 11.9 Å². The zero-order valence-corrected chi connectivity index (χ0v) is 11.2. The van der Waals surface area contributed by atoms with E-state index in [0.29, 0.717) is 26.0 Å². The second kappa shape index (κ2) is 7.36. The minimum atomic E-state index is -0.885. The zero-order valence-electron chi connectivity index (χ0n) is 11.2. The molecular weight excluding hydrogens is 234 g/mol. The number of carbonyl (C=O) groups is 2. The van der Waals surface area contributed by atoms with Crippen molar-refractivity contribution in [1.29, 1.82) is 0 Å². The minimum Gasteiger partial charge on any atom is -0.480 e. The van der Waals surface area contributed by atoms with Crippen LogP contribution in [0.15, 0.2) is 0 Å². The van der Waals surface area contributed by atoms with Gasteiger partial charge in [0.1, 0.15) is 6.04 Å². The topological polar surface area (TPSA) is 66.8 Å². The Labute approximate surface area is 108 Å². The molecule has 1 amide bonds. The summed E-state index contributed by atoms with van der Waals surface area (Å²) < 4.78 is 5.00. The van der Waals surface area contributed by atoms with Crippen molar-refractivity contribution in [3.63, 3.8) is 0 Å². The second-order valence-electron chi connectivity index (χ2n) is 5.06. The molecule has 0 aromatic heterocycles. The number of hydrogen-bond donors (Lipinski definition) is 1. The average Bonchev–Trinajstić information content (AvgIpc) is 2.54. The van der Waals surface area contributed by atoms with Crippen molar-refractivity contribution in [2.75, 3.05) is 20.3 Å². The molecule has 5 heteroatoms. The van der Waals surface area contributed by atoms with Crippen LogP contribution in [0.1, 0.15) is 39.0 Å². The van der Waals surface area contributed by atoms with E-state index < -0.39 is 12.0 Å². The normalized spacial score (nSPS) is 22.3. The summed E-state index contributed by atoms with van der Waals surface area (Å²) in [4.78, 5) is 24.9. The quantitative estimate of drug-likeness (QED) is 0.810. The molecule has 1 N–H and O–H groups in total. The highest BCUT2D eigenvalue weighted by molar-refractivity contribution is 5.83. The minimum absolute atomic E-state index is 0.0612. The summed E-state index contributed by atoms with van der Waals surface area (Å²) in [5.41, 5.74) is 0. The molecule has 1 rings (SSSR count). The summed E-state index contributed by atoms with van der Waals surface area (Å²) in [5.74, 6) is -0.821. The number of ether oxygens (including phenoxy) is 1. The number of carboxylic acids is 1. The molecule has 1 heterocycles. The lowest BCUT2D eigenvalue weighted by molar-refractivity contribution is -0.150.